The molecule has 0 atom stereocenters. The van der Waals surface area contributed by atoms with Crippen LogP contribution in [0.4, 0.5) is 10.5 Å². The Hall–Kier alpha value is -1.79. The van der Waals surface area contributed by atoms with Gasteiger partial charge in [0.25, 0.3) is 0 Å². The number of hydrogen-bond donors (Lipinski definition) is 3. The lowest BCUT2D eigenvalue weighted by molar-refractivity contribution is 0.0697. The first-order valence-electron chi connectivity index (χ1n) is 6.59. The molecule has 0 saturated heterocycles. The van der Waals surface area contributed by atoms with Crippen molar-refractivity contribution in [2.75, 3.05) is 25.5 Å². The molecule has 1 aromatic rings. The van der Waals surface area contributed by atoms with E-state index in [1.807, 2.05) is 7.05 Å². The van der Waals surface area contributed by atoms with Crippen molar-refractivity contribution < 1.29 is 14.7 Å². The van der Waals surface area contributed by atoms with Gasteiger partial charge in [0.1, 0.15) is 0 Å². The molecule has 116 valence electrons. The number of carboxylic acid groups (broad SMARTS) is 1. The number of halogens is 1. The third-order valence-corrected chi connectivity index (χ3v) is 3.42. The fourth-order valence-electron chi connectivity index (χ4n) is 1.55. The number of amides is 2. The minimum Gasteiger partial charge on any atom is -0.478 e. The molecule has 7 heteroatoms. The molecular weight excluding hydrogens is 294 g/mol. The van der Waals surface area contributed by atoms with Crippen LogP contribution in [0.3, 0.4) is 0 Å². The average molecular weight is 314 g/mol. The molecule has 0 aliphatic rings. The molecule has 6 nitrogen and oxygen atoms in total. The van der Waals surface area contributed by atoms with E-state index in [0.29, 0.717) is 18.3 Å². The third-order valence-electron chi connectivity index (χ3n) is 3.09. The average Bonchev–Trinajstić information content (AvgIpc) is 2.40. The summed E-state index contributed by atoms with van der Waals surface area (Å²) < 4.78 is 0. The van der Waals surface area contributed by atoms with Gasteiger partial charge < -0.3 is 20.6 Å². The summed E-state index contributed by atoms with van der Waals surface area (Å²) in [4.78, 5) is 24.8. The van der Waals surface area contributed by atoms with Crippen LogP contribution in [-0.2, 0) is 0 Å². The maximum absolute atomic E-state index is 11.7. The zero-order valence-corrected chi connectivity index (χ0v) is 13.1. The Morgan fingerprint density at radius 2 is 2.05 bits per heavy atom. The lowest BCUT2D eigenvalue weighted by Crippen LogP contribution is -2.37. The highest BCUT2D eigenvalue weighted by Gasteiger charge is 2.11. The van der Waals surface area contributed by atoms with Gasteiger partial charge in [0.05, 0.1) is 10.6 Å². The summed E-state index contributed by atoms with van der Waals surface area (Å²) in [6.07, 6.45) is 0. The molecule has 0 fully saturated rings. The summed E-state index contributed by atoms with van der Waals surface area (Å²) in [7, 11) is 1.97. The van der Waals surface area contributed by atoms with E-state index in [2.05, 4.69) is 29.4 Å². The number of urea groups is 1. The van der Waals surface area contributed by atoms with Crippen molar-refractivity contribution in [2.45, 2.75) is 19.9 Å². The molecule has 0 heterocycles. The Morgan fingerprint density at radius 1 is 1.38 bits per heavy atom. The van der Waals surface area contributed by atoms with E-state index >= 15 is 0 Å². The number of hydrogen-bond acceptors (Lipinski definition) is 3. The van der Waals surface area contributed by atoms with E-state index in [1.54, 1.807) is 6.07 Å². The molecule has 2 amide bonds. The Labute approximate surface area is 129 Å². The van der Waals surface area contributed by atoms with Gasteiger partial charge in [-0.1, -0.05) is 11.6 Å². The number of likely N-dealkylation sites (N-methyl/N-ethyl adjacent to an activating group) is 1. The maximum atomic E-state index is 11.7. The van der Waals surface area contributed by atoms with Crippen LogP contribution in [0, 0.1) is 0 Å². The fraction of sp³-hybridized carbons (Fsp3) is 0.429. The third kappa shape index (κ3) is 5.61. The first-order chi connectivity index (χ1) is 9.81. The van der Waals surface area contributed by atoms with Crippen LogP contribution in [0.15, 0.2) is 18.2 Å². The summed E-state index contributed by atoms with van der Waals surface area (Å²) in [5, 5.41) is 14.4. The van der Waals surface area contributed by atoms with Gasteiger partial charge >= 0.3 is 12.0 Å². The van der Waals surface area contributed by atoms with Crippen molar-refractivity contribution in [3.8, 4) is 0 Å². The van der Waals surface area contributed by atoms with Crippen LogP contribution in [0.2, 0.25) is 5.02 Å². The first-order valence-corrected chi connectivity index (χ1v) is 6.97. The second-order valence-corrected chi connectivity index (χ2v) is 5.36. The van der Waals surface area contributed by atoms with Crippen molar-refractivity contribution in [1.82, 2.24) is 10.2 Å². The van der Waals surface area contributed by atoms with Crippen molar-refractivity contribution >= 4 is 29.3 Å². The van der Waals surface area contributed by atoms with Crippen LogP contribution >= 0.6 is 11.6 Å². The van der Waals surface area contributed by atoms with Crippen LogP contribution < -0.4 is 10.6 Å². The first kappa shape index (κ1) is 17.3. The lowest BCUT2D eigenvalue weighted by Gasteiger charge is -2.20. The fourth-order valence-corrected chi connectivity index (χ4v) is 1.74. The number of rotatable bonds is 6. The van der Waals surface area contributed by atoms with E-state index in [1.165, 1.54) is 12.1 Å². The lowest BCUT2D eigenvalue weighted by atomic mass is 10.2. The molecule has 1 rings (SSSR count). The van der Waals surface area contributed by atoms with Gasteiger partial charge in [-0.3, -0.25) is 0 Å². The number of anilines is 1. The molecule has 0 aliphatic heterocycles. The van der Waals surface area contributed by atoms with Gasteiger partial charge in [0, 0.05) is 24.8 Å². The highest BCUT2D eigenvalue weighted by molar-refractivity contribution is 6.33. The van der Waals surface area contributed by atoms with Gasteiger partial charge in [0.15, 0.2) is 0 Å². The van der Waals surface area contributed by atoms with Crippen LogP contribution in [0.5, 0.6) is 0 Å². The molecule has 0 aromatic heterocycles. The van der Waals surface area contributed by atoms with E-state index in [-0.39, 0.29) is 16.6 Å². The zero-order chi connectivity index (χ0) is 16.0. The summed E-state index contributed by atoms with van der Waals surface area (Å²) in [5.74, 6) is -1.14. The van der Waals surface area contributed by atoms with Gasteiger partial charge in [-0.2, -0.15) is 0 Å². The van der Waals surface area contributed by atoms with E-state index < -0.39 is 5.97 Å². The predicted octanol–water partition coefficient (Wildman–Crippen LogP) is 2.50. The van der Waals surface area contributed by atoms with Crippen molar-refractivity contribution in [3.63, 3.8) is 0 Å². The van der Waals surface area contributed by atoms with Gasteiger partial charge in [-0.05, 0) is 39.1 Å². The quantitative estimate of drug-likeness (QED) is 0.753. The van der Waals surface area contributed by atoms with Crippen LogP contribution in [-0.4, -0.2) is 48.2 Å². The minimum atomic E-state index is -1.14. The molecule has 1 aromatic carbocycles. The molecule has 21 heavy (non-hydrogen) atoms. The Morgan fingerprint density at radius 3 is 2.62 bits per heavy atom. The SMILES string of the molecule is CC(C)N(C)CCNC(=O)Nc1ccc(Cl)c(C(=O)O)c1. The van der Waals surface area contributed by atoms with E-state index in [4.69, 9.17) is 16.7 Å². The monoisotopic (exact) mass is 313 g/mol. The summed E-state index contributed by atoms with van der Waals surface area (Å²) in [6.45, 7) is 5.37. The normalized spacial score (nSPS) is 10.8. The van der Waals surface area contributed by atoms with Crippen molar-refractivity contribution in [3.05, 3.63) is 28.8 Å². The van der Waals surface area contributed by atoms with Crippen LogP contribution in [0.1, 0.15) is 24.2 Å². The molecule has 3 N–H and O–H groups in total. The number of nitrogens with zero attached hydrogens (tertiary/aromatic N) is 1. The molecule has 0 unspecified atom stereocenters. The Balaban J connectivity index is 2.52. The van der Waals surface area contributed by atoms with Crippen LogP contribution in [0.25, 0.3) is 0 Å². The van der Waals surface area contributed by atoms with Gasteiger partial charge in [-0.15, -0.1) is 0 Å². The second-order valence-electron chi connectivity index (χ2n) is 4.96. The molecule has 0 radical (unpaired) electrons. The number of benzene rings is 1. The molecule has 0 bridgehead atoms. The van der Waals surface area contributed by atoms with E-state index in [9.17, 15) is 9.59 Å². The van der Waals surface area contributed by atoms with Crippen molar-refractivity contribution in [2.24, 2.45) is 0 Å². The summed E-state index contributed by atoms with van der Waals surface area (Å²) in [5.41, 5.74) is 0.334. The molecule has 0 spiro atoms. The standard InChI is InChI=1S/C14H20ClN3O3/c1-9(2)18(3)7-6-16-14(21)17-10-4-5-12(15)11(8-10)13(19)20/h4-5,8-9H,6-7H2,1-3H3,(H,19,20)(H2,16,17,21). The zero-order valence-electron chi connectivity index (χ0n) is 12.3. The molecule has 0 saturated carbocycles. The molecule has 0 aliphatic carbocycles. The Bertz CT molecular complexity index is 520. The maximum Gasteiger partial charge on any atom is 0.337 e. The topological polar surface area (TPSA) is 81.7 Å². The smallest absolute Gasteiger partial charge is 0.337 e. The summed E-state index contributed by atoms with van der Waals surface area (Å²) in [6, 6.07) is 4.33. The van der Waals surface area contributed by atoms with Gasteiger partial charge in [-0.25, -0.2) is 9.59 Å². The number of carbonyl (C=O) groups excluding carboxylic acids is 1. The van der Waals surface area contributed by atoms with E-state index in [0.717, 1.165) is 6.54 Å². The number of aromatic carboxylic acids is 1. The Kier molecular flexibility index (Phi) is 6.45. The number of nitrogens with one attached hydrogen (secondary N) is 2. The summed E-state index contributed by atoms with van der Waals surface area (Å²) >= 11 is 5.76. The highest BCUT2D eigenvalue weighted by atomic mass is 35.5. The molecular formula is C14H20ClN3O3. The largest absolute Gasteiger partial charge is 0.478 e. The second kappa shape index (κ2) is 7.85. The highest BCUT2D eigenvalue weighted by Crippen LogP contribution is 2.20. The van der Waals surface area contributed by atoms with Crippen molar-refractivity contribution in [1.29, 1.82) is 0 Å². The number of carbonyl (C=O) groups is 2. The number of carboxylic acids is 1. The van der Waals surface area contributed by atoms with Gasteiger partial charge in [0.2, 0.25) is 0 Å². The predicted molar refractivity (Wildman–Crippen MR) is 83.2 cm³/mol. The minimum absolute atomic E-state index is 0.0472.